The molecule has 2 aromatic rings. The number of ether oxygens (including phenoxy) is 1. The highest BCUT2D eigenvalue weighted by atomic mass is 16.5. The van der Waals surface area contributed by atoms with Gasteiger partial charge in [-0.25, -0.2) is 4.79 Å². The number of aromatic carboxylic acids is 1. The van der Waals surface area contributed by atoms with Gasteiger partial charge in [0.2, 0.25) is 0 Å². The summed E-state index contributed by atoms with van der Waals surface area (Å²) in [5.41, 5.74) is 2.93. The zero-order chi connectivity index (χ0) is 12.6. The van der Waals surface area contributed by atoms with Gasteiger partial charge >= 0.3 is 5.97 Å². The standard InChI is InChI=1S/C13H13NO3/c1-7-4-8(2)11-9(5-7)12(17-3)10(6-14-11)13(15)16/h4-6H,1-3H3,(H,15,16). The number of pyridine rings is 1. The molecule has 88 valence electrons. The van der Waals surface area contributed by atoms with E-state index in [9.17, 15) is 4.79 Å². The SMILES string of the molecule is COc1c(C(=O)O)cnc2c(C)cc(C)cc12. The van der Waals surface area contributed by atoms with Crippen molar-refractivity contribution in [3.05, 3.63) is 35.0 Å². The van der Waals surface area contributed by atoms with Gasteiger partial charge < -0.3 is 9.84 Å². The van der Waals surface area contributed by atoms with E-state index in [-0.39, 0.29) is 5.56 Å². The zero-order valence-electron chi connectivity index (χ0n) is 9.94. The van der Waals surface area contributed by atoms with Gasteiger partial charge in [-0.2, -0.15) is 0 Å². The van der Waals surface area contributed by atoms with Gasteiger partial charge in [-0.15, -0.1) is 0 Å². The van der Waals surface area contributed by atoms with Crippen molar-refractivity contribution in [3.8, 4) is 5.75 Å². The Morgan fingerprint density at radius 3 is 2.65 bits per heavy atom. The first-order valence-corrected chi connectivity index (χ1v) is 5.22. The number of nitrogens with zero attached hydrogens (tertiary/aromatic N) is 1. The molecule has 0 radical (unpaired) electrons. The third-order valence-electron chi connectivity index (χ3n) is 2.69. The van der Waals surface area contributed by atoms with Crippen LogP contribution in [0.2, 0.25) is 0 Å². The van der Waals surface area contributed by atoms with E-state index < -0.39 is 5.97 Å². The topological polar surface area (TPSA) is 59.4 Å². The van der Waals surface area contributed by atoms with Gasteiger partial charge in [0.25, 0.3) is 0 Å². The molecule has 1 aromatic heterocycles. The number of hydrogen-bond donors (Lipinski definition) is 1. The van der Waals surface area contributed by atoms with Crippen molar-refractivity contribution in [3.63, 3.8) is 0 Å². The predicted octanol–water partition coefficient (Wildman–Crippen LogP) is 2.56. The highest BCUT2D eigenvalue weighted by Gasteiger charge is 2.16. The summed E-state index contributed by atoms with van der Waals surface area (Å²) in [6, 6.07) is 3.90. The van der Waals surface area contributed by atoms with Crippen LogP contribution < -0.4 is 4.74 Å². The minimum Gasteiger partial charge on any atom is -0.495 e. The van der Waals surface area contributed by atoms with Crippen LogP contribution in [0.5, 0.6) is 5.75 Å². The van der Waals surface area contributed by atoms with Gasteiger partial charge in [-0.3, -0.25) is 4.98 Å². The fourth-order valence-corrected chi connectivity index (χ4v) is 2.01. The number of hydrogen-bond acceptors (Lipinski definition) is 3. The molecule has 1 aromatic carbocycles. The summed E-state index contributed by atoms with van der Waals surface area (Å²) in [4.78, 5) is 15.3. The molecule has 0 amide bonds. The van der Waals surface area contributed by atoms with Crippen LogP contribution in [0.3, 0.4) is 0 Å². The molecule has 0 fully saturated rings. The summed E-state index contributed by atoms with van der Waals surface area (Å²) in [7, 11) is 1.47. The van der Waals surface area contributed by atoms with E-state index in [1.54, 1.807) is 0 Å². The quantitative estimate of drug-likeness (QED) is 0.862. The van der Waals surface area contributed by atoms with E-state index in [2.05, 4.69) is 4.98 Å². The van der Waals surface area contributed by atoms with Crippen molar-refractivity contribution < 1.29 is 14.6 Å². The first-order chi connectivity index (χ1) is 8.04. The molecule has 0 saturated heterocycles. The number of carboxylic acids is 1. The lowest BCUT2D eigenvalue weighted by Crippen LogP contribution is -2.03. The molecule has 0 saturated carbocycles. The molecule has 4 heteroatoms. The van der Waals surface area contributed by atoms with Crippen molar-refractivity contribution in [2.45, 2.75) is 13.8 Å². The zero-order valence-corrected chi connectivity index (χ0v) is 9.94. The highest BCUT2D eigenvalue weighted by Crippen LogP contribution is 2.30. The van der Waals surface area contributed by atoms with E-state index in [0.29, 0.717) is 5.75 Å². The van der Waals surface area contributed by atoms with Gasteiger partial charge in [-0.1, -0.05) is 6.07 Å². The van der Waals surface area contributed by atoms with Crippen LogP contribution in [0.1, 0.15) is 21.5 Å². The summed E-state index contributed by atoms with van der Waals surface area (Å²) < 4.78 is 5.21. The van der Waals surface area contributed by atoms with E-state index in [0.717, 1.165) is 22.0 Å². The van der Waals surface area contributed by atoms with Crippen LogP contribution in [0.25, 0.3) is 10.9 Å². The molecule has 17 heavy (non-hydrogen) atoms. The molecule has 2 rings (SSSR count). The average molecular weight is 231 g/mol. The minimum atomic E-state index is -1.03. The van der Waals surface area contributed by atoms with E-state index in [1.165, 1.54) is 13.3 Å². The number of methoxy groups -OCH3 is 1. The number of aromatic nitrogens is 1. The molecular weight excluding hydrogens is 218 g/mol. The Morgan fingerprint density at radius 1 is 1.35 bits per heavy atom. The molecule has 0 bridgehead atoms. The van der Waals surface area contributed by atoms with Crippen LogP contribution in [-0.4, -0.2) is 23.2 Å². The molecule has 1 N–H and O–H groups in total. The Labute approximate surface area is 98.9 Å². The van der Waals surface area contributed by atoms with E-state index in [1.807, 2.05) is 26.0 Å². The van der Waals surface area contributed by atoms with E-state index in [4.69, 9.17) is 9.84 Å². The largest absolute Gasteiger partial charge is 0.495 e. The average Bonchev–Trinajstić information content (AvgIpc) is 2.26. The Balaban J connectivity index is 2.90. The summed E-state index contributed by atoms with van der Waals surface area (Å²) in [5.74, 6) is -0.662. The van der Waals surface area contributed by atoms with Crippen molar-refractivity contribution in [2.75, 3.05) is 7.11 Å². The van der Waals surface area contributed by atoms with Crippen LogP contribution >= 0.6 is 0 Å². The van der Waals surface area contributed by atoms with Gasteiger partial charge in [0.15, 0.2) is 0 Å². The second kappa shape index (κ2) is 4.05. The summed E-state index contributed by atoms with van der Waals surface area (Å²) >= 11 is 0. The second-order valence-corrected chi connectivity index (χ2v) is 3.99. The summed E-state index contributed by atoms with van der Waals surface area (Å²) in [6.45, 7) is 3.90. The fraction of sp³-hybridized carbons (Fsp3) is 0.231. The first kappa shape index (κ1) is 11.4. The fourth-order valence-electron chi connectivity index (χ4n) is 2.01. The maximum absolute atomic E-state index is 11.1. The maximum Gasteiger partial charge on any atom is 0.341 e. The first-order valence-electron chi connectivity index (χ1n) is 5.22. The van der Waals surface area contributed by atoms with Gasteiger partial charge in [0.05, 0.1) is 12.6 Å². The van der Waals surface area contributed by atoms with Crippen molar-refractivity contribution in [1.29, 1.82) is 0 Å². The number of carboxylic acid groups (broad SMARTS) is 1. The van der Waals surface area contributed by atoms with Crippen LogP contribution in [0.4, 0.5) is 0 Å². The van der Waals surface area contributed by atoms with Gasteiger partial charge in [0.1, 0.15) is 11.3 Å². The molecule has 4 nitrogen and oxygen atoms in total. The van der Waals surface area contributed by atoms with Crippen LogP contribution in [0.15, 0.2) is 18.3 Å². The van der Waals surface area contributed by atoms with Gasteiger partial charge in [0, 0.05) is 11.6 Å². The Kier molecular flexibility index (Phi) is 2.71. The normalized spacial score (nSPS) is 10.5. The van der Waals surface area contributed by atoms with E-state index >= 15 is 0 Å². The molecule has 0 unspecified atom stereocenters. The number of rotatable bonds is 2. The Morgan fingerprint density at radius 2 is 2.06 bits per heavy atom. The highest BCUT2D eigenvalue weighted by molar-refractivity contribution is 5.99. The Bertz CT molecular complexity index is 605. The lowest BCUT2D eigenvalue weighted by Gasteiger charge is -2.10. The molecule has 0 spiro atoms. The van der Waals surface area contributed by atoms with Crippen molar-refractivity contribution in [1.82, 2.24) is 4.98 Å². The monoisotopic (exact) mass is 231 g/mol. The number of carbonyl (C=O) groups is 1. The number of aryl methyl sites for hydroxylation is 2. The number of benzene rings is 1. The summed E-state index contributed by atoms with van der Waals surface area (Å²) in [6.07, 6.45) is 1.34. The molecule has 0 aliphatic carbocycles. The van der Waals surface area contributed by atoms with Gasteiger partial charge in [-0.05, 0) is 31.0 Å². The van der Waals surface area contributed by atoms with Crippen molar-refractivity contribution >= 4 is 16.9 Å². The molecule has 0 aliphatic rings. The lowest BCUT2D eigenvalue weighted by atomic mass is 10.0. The Hall–Kier alpha value is -2.10. The molecule has 0 aliphatic heterocycles. The smallest absolute Gasteiger partial charge is 0.341 e. The minimum absolute atomic E-state index is 0.0880. The van der Waals surface area contributed by atoms with Crippen LogP contribution in [-0.2, 0) is 0 Å². The molecule has 1 heterocycles. The third-order valence-corrected chi connectivity index (χ3v) is 2.69. The predicted molar refractivity (Wildman–Crippen MR) is 64.7 cm³/mol. The molecular formula is C13H13NO3. The number of fused-ring (bicyclic) bond motifs is 1. The maximum atomic E-state index is 11.1. The second-order valence-electron chi connectivity index (χ2n) is 3.99. The third kappa shape index (κ3) is 1.82. The molecule has 0 atom stereocenters. The summed E-state index contributed by atoms with van der Waals surface area (Å²) in [5, 5.41) is 9.82. The van der Waals surface area contributed by atoms with Crippen LogP contribution in [0, 0.1) is 13.8 Å². The van der Waals surface area contributed by atoms with Crippen molar-refractivity contribution in [2.24, 2.45) is 0 Å². The lowest BCUT2D eigenvalue weighted by molar-refractivity contribution is 0.0693.